The second kappa shape index (κ2) is 9.31. The minimum Gasteiger partial charge on any atom is -0.356 e. The number of hydrogen-bond acceptors (Lipinski definition) is 6. The molecule has 0 bridgehead atoms. The number of amides is 1. The average molecular weight is 481 g/mol. The smallest absolute Gasteiger partial charge is 0.227 e. The summed E-state index contributed by atoms with van der Waals surface area (Å²) >= 11 is 1.60. The lowest BCUT2D eigenvalue weighted by atomic mass is 9.95. The summed E-state index contributed by atoms with van der Waals surface area (Å²) in [5.74, 6) is 0.953. The van der Waals surface area contributed by atoms with Crippen molar-refractivity contribution in [2.24, 2.45) is 5.92 Å². The van der Waals surface area contributed by atoms with E-state index < -0.39 is 0 Å². The lowest BCUT2D eigenvalue weighted by molar-refractivity contribution is -0.120. The zero-order valence-electron chi connectivity index (χ0n) is 19.0. The Hall–Kier alpha value is -4.04. The molecule has 1 amide bonds. The Morgan fingerprint density at radius 3 is 2.60 bits per heavy atom. The van der Waals surface area contributed by atoms with E-state index in [9.17, 15) is 4.79 Å². The van der Waals surface area contributed by atoms with Crippen LogP contribution in [0.2, 0.25) is 0 Å². The van der Waals surface area contributed by atoms with Crippen LogP contribution in [0.1, 0.15) is 12.8 Å². The van der Waals surface area contributed by atoms with Crippen molar-refractivity contribution in [2.45, 2.75) is 12.8 Å². The third-order valence-corrected chi connectivity index (χ3v) is 7.20. The number of hydrogen-bond donors (Lipinski definition) is 1. The predicted octanol–water partition coefficient (Wildman–Crippen LogP) is 5.37. The Balaban J connectivity index is 1.09. The summed E-state index contributed by atoms with van der Waals surface area (Å²) in [5, 5.41) is 5.13. The number of benzene rings is 2. The predicted molar refractivity (Wildman–Crippen MR) is 140 cm³/mol. The SMILES string of the molecule is O=C(Nc1cccc(-c2cn3ccsc3n2)c1)C1CCN(c2cc(-c3ccccc3)ncn2)CC1. The average Bonchev–Trinajstić information content (AvgIpc) is 3.53. The van der Waals surface area contributed by atoms with Gasteiger partial charge in [-0.05, 0) is 25.0 Å². The van der Waals surface area contributed by atoms with Crippen LogP contribution in [0.3, 0.4) is 0 Å². The molecule has 1 aliphatic heterocycles. The topological polar surface area (TPSA) is 75.4 Å². The summed E-state index contributed by atoms with van der Waals surface area (Å²) in [6, 6.07) is 20.0. The summed E-state index contributed by atoms with van der Waals surface area (Å²) < 4.78 is 2.01. The van der Waals surface area contributed by atoms with Crippen LogP contribution in [0, 0.1) is 5.92 Å². The number of imidazole rings is 1. The van der Waals surface area contributed by atoms with Crippen molar-refractivity contribution in [1.29, 1.82) is 0 Å². The van der Waals surface area contributed by atoms with Gasteiger partial charge in [0.25, 0.3) is 0 Å². The highest BCUT2D eigenvalue weighted by Crippen LogP contribution is 2.27. The van der Waals surface area contributed by atoms with Gasteiger partial charge in [0.15, 0.2) is 4.96 Å². The first-order valence-corrected chi connectivity index (χ1v) is 12.6. The number of nitrogens with one attached hydrogen (secondary N) is 1. The molecule has 174 valence electrons. The fraction of sp³-hybridized carbons (Fsp3) is 0.185. The van der Waals surface area contributed by atoms with Crippen LogP contribution in [-0.2, 0) is 4.79 Å². The first-order chi connectivity index (χ1) is 17.2. The summed E-state index contributed by atoms with van der Waals surface area (Å²) in [5.41, 5.74) is 4.68. The van der Waals surface area contributed by atoms with E-state index in [1.807, 2.05) is 82.8 Å². The summed E-state index contributed by atoms with van der Waals surface area (Å²) in [7, 11) is 0. The standard InChI is InChI=1S/C27H24N6OS/c34-26(30-22-8-4-7-21(15-22)24-17-33-13-14-35-27(33)31-24)20-9-11-32(12-10-20)25-16-23(28-18-29-25)19-5-2-1-3-6-19/h1-8,13-18,20H,9-12H2,(H,30,34). The molecule has 6 rings (SSSR count). The highest BCUT2D eigenvalue weighted by molar-refractivity contribution is 7.15. The lowest BCUT2D eigenvalue weighted by Crippen LogP contribution is -2.38. The molecule has 0 atom stereocenters. The zero-order valence-corrected chi connectivity index (χ0v) is 19.9. The molecule has 5 aromatic rings. The largest absolute Gasteiger partial charge is 0.356 e. The van der Waals surface area contributed by atoms with E-state index in [1.165, 1.54) is 0 Å². The highest BCUT2D eigenvalue weighted by Gasteiger charge is 2.26. The Morgan fingerprint density at radius 2 is 1.77 bits per heavy atom. The molecule has 1 saturated heterocycles. The molecule has 1 N–H and O–H groups in total. The van der Waals surface area contributed by atoms with Gasteiger partial charge in [-0.1, -0.05) is 42.5 Å². The number of thiazole rings is 1. The van der Waals surface area contributed by atoms with Crippen LogP contribution in [0.4, 0.5) is 11.5 Å². The second-order valence-electron chi connectivity index (χ2n) is 8.68. The fourth-order valence-electron chi connectivity index (χ4n) is 4.52. The molecule has 1 aliphatic rings. The van der Waals surface area contributed by atoms with Gasteiger partial charge in [-0.3, -0.25) is 9.20 Å². The summed E-state index contributed by atoms with van der Waals surface area (Å²) in [4.78, 5) is 29.8. The number of carbonyl (C=O) groups is 1. The molecule has 0 saturated carbocycles. The molecule has 0 unspecified atom stereocenters. The van der Waals surface area contributed by atoms with E-state index in [-0.39, 0.29) is 11.8 Å². The van der Waals surface area contributed by atoms with E-state index in [2.05, 4.69) is 25.2 Å². The normalized spacial score (nSPS) is 14.3. The summed E-state index contributed by atoms with van der Waals surface area (Å²) in [6.45, 7) is 1.57. The maximum atomic E-state index is 13.0. The van der Waals surface area contributed by atoms with Crippen molar-refractivity contribution < 1.29 is 4.79 Å². The van der Waals surface area contributed by atoms with Crippen LogP contribution in [-0.4, -0.2) is 38.3 Å². The van der Waals surface area contributed by atoms with Gasteiger partial charge in [0.05, 0.1) is 11.4 Å². The van der Waals surface area contributed by atoms with Crippen LogP contribution in [0.25, 0.3) is 27.5 Å². The number of carbonyl (C=O) groups excluding carboxylic acids is 1. The molecule has 8 heteroatoms. The van der Waals surface area contributed by atoms with E-state index in [4.69, 9.17) is 0 Å². The molecule has 35 heavy (non-hydrogen) atoms. The maximum absolute atomic E-state index is 13.0. The monoisotopic (exact) mass is 480 g/mol. The second-order valence-corrected chi connectivity index (χ2v) is 9.55. The van der Waals surface area contributed by atoms with Crippen molar-refractivity contribution in [2.75, 3.05) is 23.3 Å². The first-order valence-electron chi connectivity index (χ1n) is 11.7. The van der Waals surface area contributed by atoms with Crippen LogP contribution < -0.4 is 10.2 Å². The van der Waals surface area contributed by atoms with Gasteiger partial charge < -0.3 is 10.2 Å². The maximum Gasteiger partial charge on any atom is 0.227 e. The number of rotatable bonds is 5. The van der Waals surface area contributed by atoms with Gasteiger partial charge in [-0.2, -0.15) is 0 Å². The van der Waals surface area contributed by atoms with Gasteiger partial charge in [0.1, 0.15) is 12.1 Å². The Morgan fingerprint density at radius 1 is 0.943 bits per heavy atom. The van der Waals surface area contributed by atoms with Crippen LogP contribution in [0.15, 0.2) is 84.8 Å². The van der Waals surface area contributed by atoms with Crippen LogP contribution in [0.5, 0.6) is 0 Å². The molecular weight excluding hydrogens is 456 g/mol. The third kappa shape index (κ3) is 4.52. The van der Waals surface area contributed by atoms with Crippen molar-refractivity contribution in [3.05, 3.63) is 84.8 Å². The molecule has 0 spiro atoms. The Kier molecular flexibility index (Phi) is 5.71. The van der Waals surface area contributed by atoms with Gasteiger partial charge in [-0.15, -0.1) is 11.3 Å². The third-order valence-electron chi connectivity index (χ3n) is 6.43. The van der Waals surface area contributed by atoms with Gasteiger partial charge in [0, 0.05) is 59.7 Å². The van der Waals surface area contributed by atoms with Crippen molar-refractivity contribution >= 4 is 33.7 Å². The molecule has 3 aromatic heterocycles. The first kappa shape index (κ1) is 21.5. The highest BCUT2D eigenvalue weighted by atomic mass is 32.1. The Bertz CT molecular complexity index is 1440. The number of piperidine rings is 1. The molecule has 7 nitrogen and oxygen atoms in total. The van der Waals surface area contributed by atoms with E-state index in [1.54, 1.807) is 17.7 Å². The molecule has 4 heterocycles. The molecular formula is C27H24N6OS. The molecule has 2 aromatic carbocycles. The van der Waals surface area contributed by atoms with Crippen molar-refractivity contribution in [3.63, 3.8) is 0 Å². The lowest BCUT2D eigenvalue weighted by Gasteiger charge is -2.32. The number of anilines is 2. The number of aromatic nitrogens is 4. The minimum absolute atomic E-state index is 0.0247. The molecule has 1 fully saturated rings. The quantitative estimate of drug-likeness (QED) is 0.366. The minimum atomic E-state index is -0.0247. The fourth-order valence-corrected chi connectivity index (χ4v) is 5.22. The Labute approximate surface area is 207 Å². The van der Waals surface area contributed by atoms with Gasteiger partial charge in [0.2, 0.25) is 5.91 Å². The summed E-state index contributed by atoms with van der Waals surface area (Å²) in [6.07, 6.45) is 7.20. The van der Waals surface area contributed by atoms with Crippen LogP contribution >= 0.6 is 11.3 Å². The van der Waals surface area contributed by atoms with E-state index in [0.29, 0.717) is 0 Å². The molecule has 0 aliphatic carbocycles. The molecule has 0 radical (unpaired) electrons. The number of nitrogens with zero attached hydrogens (tertiary/aromatic N) is 5. The zero-order chi connectivity index (χ0) is 23.6. The van der Waals surface area contributed by atoms with Gasteiger partial charge in [-0.25, -0.2) is 15.0 Å². The van der Waals surface area contributed by atoms with E-state index >= 15 is 0 Å². The number of fused-ring (bicyclic) bond motifs is 1. The van der Waals surface area contributed by atoms with E-state index in [0.717, 1.165) is 64.9 Å². The van der Waals surface area contributed by atoms with Crippen molar-refractivity contribution in [1.82, 2.24) is 19.4 Å². The van der Waals surface area contributed by atoms with Crippen molar-refractivity contribution in [3.8, 4) is 22.5 Å². The van der Waals surface area contributed by atoms with Gasteiger partial charge >= 0.3 is 0 Å².